The Morgan fingerprint density at radius 1 is 1.14 bits per heavy atom. The molecule has 0 unspecified atom stereocenters. The molecular formula is C20H24N2O7. The highest BCUT2D eigenvalue weighted by atomic mass is 16.6. The molecule has 1 heterocycles. The highest BCUT2D eigenvalue weighted by molar-refractivity contribution is 5.95. The number of ether oxygens (including phenoxy) is 3. The third-order valence-corrected chi connectivity index (χ3v) is 4.13. The molecule has 2 atom stereocenters. The fraction of sp³-hybridized carbons (Fsp3) is 0.400. The molecule has 2 amide bonds. The molecule has 156 valence electrons. The summed E-state index contributed by atoms with van der Waals surface area (Å²) in [6.07, 6.45) is -0.945. The zero-order valence-corrected chi connectivity index (χ0v) is 16.7. The van der Waals surface area contributed by atoms with Crippen LogP contribution in [-0.2, 0) is 19.1 Å². The van der Waals surface area contributed by atoms with Gasteiger partial charge in [-0.25, -0.2) is 14.4 Å². The molecule has 2 N–H and O–H groups in total. The number of hydrogen-bond acceptors (Lipinski definition) is 7. The summed E-state index contributed by atoms with van der Waals surface area (Å²) in [7, 11) is 0. The van der Waals surface area contributed by atoms with Gasteiger partial charge in [-0.15, -0.1) is 0 Å². The second-order valence-corrected chi connectivity index (χ2v) is 6.38. The lowest BCUT2D eigenvalue weighted by Crippen LogP contribution is -2.50. The van der Waals surface area contributed by atoms with Crippen molar-refractivity contribution < 1.29 is 33.4 Å². The Balaban J connectivity index is 2.02. The minimum atomic E-state index is -0.945. The van der Waals surface area contributed by atoms with Crippen molar-refractivity contribution in [1.29, 1.82) is 0 Å². The number of rotatable bonds is 8. The van der Waals surface area contributed by atoms with Gasteiger partial charge in [-0.2, -0.15) is 0 Å². The standard InChI is InChI=1S/C20H24N2O7/c1-5-27-19(25)17-11(2)21-20(26)22-16(17)10-28-18(24)13(4)29-15-8-6-14(7-9-15)12(3)23/h6-9,11,13H,5,10H2,1-4H3,(H2,21,22,26)/t11-,13+/m1/s1. The van der Waals surface area contributed by atoms with E-state index in [4.69, 9.17) is 14.2 Å². The van der Waals surface area contributed by atoms with Crippen LogP contribution in [0, 0.1) is 0 Å². The van der Waals surface area contributed by atoms with Crippen molar-refractivity contribution in [3.8, 4) is 5.75 Å². The number of nitrogens with one attached hydrogen (secondary N) is 2. The molecule has 29 heavy (non-hydrogen) atoms. The van der Waals surface area contributed by atoms with Crippen molar-refractivity contribution in [3.63, 3.8) is 0 Å². The lowest BCUT2D eigenvalue weighted by Gasteiger charge is -2.26. The van der Waals surface area contributed by atoms with Crippen molar-refractivity contribution in [1.82, 2.24) is 10.6 Å². The van der Waals surface area contributed by atoms with Crippen molar-refractivity contribution in [3.05, 3.63) is 41.1 Å². The molecule has 0 aromatic heterocycles. The molecule has 0 radical (unpaired) electrons. The first-order valence-corrected chi connectivity index (χ1v) is 9.14. The summed E-state index contributed by atoms with van der Waals surface area (Å²) in [5.74, 6) is -0.965. The monoisotopic (exact) mass is 404 g/mol. The van der Waals surface area contributed by atoms with E-state index in [1.807, 2.05) is 0 Å². The number of carbonyl (C=O) groups excluding carboxylic acids is 4. The van der Waals surface area contributed by atoms with Gasteiger partial charge in [0.2, 0.25) is 0 Å². The lowest BCUT2D eigenvalue weighted by molar-refractivity contribution is -0.150. The number of benzene rings is 1. The Bertz CT molecular complexity index is 830. The number of Topliss-reactive ketones (excluding diaryl/α,β-unsaturated/α-hetero) is 1. The van der Waals surface area contributed by atoms with Crippen LogP contribution in [-0.4, -0.2) is 49.1 Å². The van der Waals surface area contributed by atoms with Crippen molar-refractivity contribution >= 4 is 23.8 Å². The Morgan fingerprint density at radius 2 is 1.79 bits per heavy atom. The summed E-state index contributed by atoms with van der Waals surface area (Å²) in [4.78, 5) is 47.4. The van der Waals surface area contributed by atoms with E-state index in [1.54, 1.807) is 38.1 Å². The molecule has 0 bridgehead atoms. The Kier molecular flexibility index (Phi) is 7.35. The van der Waals surface area contributed by atoms with Gasteiger partial charge in [-0.1, -0.05) is 0 Å². The molecule has 1 aromatic carbocycles. The highest BCUT2D eigenvalue weighted by Gasteiger charge is 2.30. The summed E-state index contributed by atoms with van der Waals surface area (Å²) < 4.78 is 15.7. The second kappa shape index (κ2) is 9.72. The maximum atomic E-state index is 12.3. The second-order valence-electron chi connectivity index (χ2n) is 6.38. The maximum Gasteiger partial charge on any atom is 0.347 e. The number of hydrogen-bond donors (Lipinski definition) is 2. The minimum Gasteiger partial charge on any atom is -0.479 e. The van der Waals surface area contributed by atoms with Crippen LogP contribution in [0.4, 0.5) is 4.79 Å². The maximum absolute atomic E-state index is 12.3. The average Bonchev–Trinajstić information content (AvgIpc) is 2.66. The molecule has 0 fully saturated rings. The smallest absolute Gasteiger partial charge is 0.347 e. The molecule has 0 saturated heterocycles. The SMILES string of the molecule is CCOC(=O)C1=C(COC(=O)[C@H](C)Oc2ccc(C(C)=O)cc2)NC(=O)N[C@@H]1C. The van der Waals surface area contributed by atoms with Gasteiger partial charge in [-0.3, -0.25) is 4.79 Å². The molecule has 9 heteroatoms. The minimum absolute atomic E-state index is 0.0760. The van der Waals surface area contributed by atoms with Gasteiger partial charge in [0.1, 0.15) is 12.4 Å². The quantitative estimate of drug-likeness (QED) is 0.500. The molecule has 0 aliphatic carbocycles. The van der Waals surface area contributed by atoms with E-state index < -0.39 is 30.1 Å². The zero-order valence-electron chi connectivity index (χ0n) is 16.7. The van der Waals surface area contributed by atoms with Crippen LogP contribution in [0.2, 0.25) is 0 Å². The first-order chi connectivity index (χ1) is 13.7. The predicted molar refractivity (Wildman–Crippen MR) is 102 cm³/mol. The Hall–Kier alpha value is -3.36. The molecule has 1 aliphatic heterocycles. The largest absolute Gasteiger partial charge is 0.479 e. The van der Waals surface area contributed by atoms with E-state index in [9.17, 15) is 19.2 Å². The van der Waals surface area contributed by atoms with Gasteiger partial charge in [0.25, 0.3) is 0 Å². The topological polar surface area (TPSA) is 120 Å². The fourth-order valence-electron chi connectivity index (χ4n) is 2.67. The van der Waals surface area contributed by atoms with Crippen LogP contribution < -0.4 is 15.4 Å². The predicted octanol–water partition coefficient (Wildman–Crippen LogP) is 1.72. The third-order valence-electron chi connectivity index (χ3n) is 4.13. The number of urea groups is 1. The van der Waals surface area contributed by atoms with E-state index in [-0.39, 0.29) is 30.3 Å². The summed E-state index contributed by atoms with van der Waals surface area (Å²) in [6, 6.07) is 5.25. The summed E-state index contributed by atoms with van der Waals surface area (Å²) in [5, 5.41) is 5.03. The fourth-order valence-corrected chi connectivity index (χ4v) is 2.67. The Morgan fingerprint density at radius 3 is 2.38 bits per heavy atom. The molecule has 1 aliphatic rings. The molecule has 0 saturated carbocycles. The number of carbonyl (C=O) groups is 4. The molecule has 9 nitrogen and oxygen atoms in total. The van der Waals surface area contributed by atoms with Gasteiger partial charge >= 0.3 is 18.0 Å². The van der Waals surface area contributed by atoms with E-state index >= 15 is 0 Å². The summed E-state index contributed by atoms with van der Waals surface area (Å²) in [5.41, 5.74) is 0.875. The van der Waals surface area contributed by atoms with E-state index in [1.165, 1.54) is 13.8 Å². The van der Waals surface area contributed by atoms with Crippen LogP contribution in [0.15, 0.2) is 35.5 Å². The molecular weight excluding hydrogens is 380 g/mol. The van der Waals surface area contributed by atoms with Gasteiger partial charge < -0.3 is 24.8 Å². The number of esters is 2. The lowest BCUT2D eigenvalue weighted by atomic mass is 10.0. The van der Waals surface area contributed by atoms with Crippen molar-refractivity contribution in [2.45, 2.75) is 39.8 Å². The van der Waals surface area contributed by atoms with E-state index in [0.717, 1.165) is 0 Å². The first-order valence-electron chi connectivity index (χ1n) is 9.14. The van der Waals surface area contributed by atoms with Crippen LogP contribution in [0.5, 0.6) is 5.75 Å². The van der Waals surface area contributed by atoms with Crippen molar-refractivity contribution in [2.24, 2.45) is 0 Å². The van der Waals surface area contributed by atoms with Gasteiger partial charge in [-0.05, 0) is 52.0 Å². The van der Waals surface area contributed by atoms with Crippen LogP contribution >= 0.6 is 0 Å². The Labute approximate surface area is 168 Å². The van der Waals surface area contributed by atoms with Crippen LogP contribution in [0.3, 0.4) is 0 Å². The highest BCUT2D eigenvalue weighted by Crippen LogP contribution is 2.17. The van der Waals surface area contributed by atoms with Gasteiger partial charge in [0, 0.05) is 5.56 Å². The normalized spacial score (nSPS) is 17.0. The summed E-state index contributed by atoms with van der Waals surface area (Å²) in [6.45, 7) is 6.11. The zero-order chi connectivity index (χ0) is 21.6. The average molecular weight is 404 g/mol. The first kappa shape index (κ1) is 21.9. The van der Waals surface area contributed by atoms with Crippen LogP contribution in [0.1, 0.15) is 38.1 Å². The molecule has 2 rings (SSSR count). The van der Waals surface area contributed by atoms with Crippen molar-refractivity contribution in [2.75, 3.05) is 13.2 Å². The van der Waals surface area contributed by atoms with E-state index in [2.05, 4.69) is 10.6 Å². The molecule has 0 spiro atoms. The number of ketones is 1. The summed E-state index contributed by atoms with van der Waals surface area (Å²) >= 11 is 0. The number of amides is 2. The van der Waals surface area contributed by atoms with Gasteiger partial charge in [0.05, 0.1) is 23.9 Å². The molecule has 1 aromatic rings. The van der Waals surface area contributed by atoms with Crippen LogP contribution in [0.25, 0.3) is 0 Å². The van der Waals surface area contributed by atoms with E-state index in [0.29, 0.717) is 11.3 Å². The van der Waals surface area contributed by atoms with Gasteiger partial charge in [0.15, 0.2) is 11.9 Å². The third kappa shape index (κ3) is 5.81.